The van der Waals surface area contributed by atoms with Crippen LogP contribution in [0.25, 0.3) is 0 Å². The van der Waals surface area contributed by atoms with Crippen LogP contribution in [0, 0.1) is 0 Å². The maximum atomic E-state index is 10.6. The average Bonchev–Trinajstić information content (AvgIpc) is 2.14. The lowest BCUT2D eigenvalue weighted by Gasteiger charge is -1.80. The van der Waals surface area contributed by atoms with Gasteiger partial charge in [0.05, 0.1) is 4.88 Å². The molecule has 1 N–H and O–H groups in total. The van der Waals surface area contributed by atoms with Gasteiger partial charge in [0, 0.05) is 0 Å². The number of thiophene rings is 1. The zero-order chi connectivity index (χ0) is 6.85. The van der Waals surface area contributed by atoms with Gasteiger partial charge in [-0.1, -0.05) is 11.3 Å². The van der Waals surface area contributed by atoms with E-state index in [1.54, 1.807) is 6.07 Å². The van der Waals surface area contributed by atoms with E-state index in [1.165, 1.54) is 13.0 Å². The van der Waals surface area contributed by atoms with E-state index in [1.807, 2.05) is 0 Å². The van der Waals surface area contributed by atoms with Crippen molar-refractivity contribution in [1.29, 1.82) is 0 Å². The van der Waals surface area contributed by atoms with E-state index in [4.69, 9.17) is 5.11 Å². The summed E-state index contributed by atoms with van der Waals surface area (Å²) in [6, 6.07) is 3.13. The Balaban J connectivity index is 2.98. The second-order valence-electron chi connectivity index (χ2n) is 1.69. The van der Waals surface area contributed by atoms with Crippen LogP contribution >= 0.6 is 11.3 Å². The van der Waals surface area contributed by atoms with E-state index in [0.717, 1.165) is 11.3 Å². The van der Waals surface area contributed by atoms with E-state index < -0.39 is 0 Å². The number of ketones is 1. The second kappa shape index (κ2) is 2.19. The molecule has 0 unspecified atom stereocenters. The molecule has 0 bridgehead atoms. The molecule has 3 heteroatoms. The highest BCUT2D eigenvalue weighted by Crippen LogP contribution is 2.22. The molecule has 1 heterocycles. The maximum Gasteiger partial charge on any atom is 0.171 e. The molecule has 0 fully saturated rings. The van der Waals surface area contributed by atoms with Crippen molar-refractivity contribution in [2.24, 2.45) is 0 Å². The monoisotopic (exact) mass is 142 g/mol. The molecule has 0 spiro atoms. The molecule has 1 rings (SSSR count). The van der Waals surface area contributed by atoms with Crippen molar-refractivity contribution in [2.45, 2.75) is 6.92 Å². The van der Waals surface area contributed by atoms with Crippen molar-refractivity contribution in [3.8, 4) is 5.06 Å². The minimum Gasteiger partial charge on any atom is -0.499 e. The van der Waals surface area contributed by atoms with Crippen LogP contribution in [-0.2, 0) is 0 Å². The molecule has 0 aromatic carbocycles. The van der Waals surface area contributed by atoms with Crippen LogP contribution in [0.15, 0.2) is 12.1 Å². The molecule has 1 aromatic rings. The van der Waals surface area contributed by atoms with Crippen LogP contribution in [-0.4, -0.2) is 10.9 Å². The molecule has 0 radical (unpaired) electrons. The quantitative estimate of drug-likeness (QED) is 0.605. The number of carbonyl (C=O) groups excluding carboxylic acids is 1. The molecular weight excluding hydrogens is 136 g/mol. The Morgan fingerprint density at radius 2 is 2.33 bits per heavy atom. The zero-order valence-electron chi connectivity index (χ0n) is 4.92. The molecular formula is C6H6O2S. The molecule has 9 heavy (non-hydrogen) atoms. The van der Waals surface area contributed by atoms with Crippen LogP contribution in [0.5, 0.6) is 5.06 Å². The van der Waals surface area contributed by atoms with E-state index in [2.05, 4.69) is 0 Å². The minimum absolute atomic E-state index is 0.000278. The average molecular weight is 142 g/mol. The predicted octanol–water partition coefficient (Wildman–Crippen LogP) is 1.66. The third-order valence-corrected chi connectivity index (χ3v) is 1.93. The highest BCUT2D eigenvalue weighted by molar-refractivity contribution is 7.15. The fraction of sp³-hybridized carbons (Fsp3) is 0.167. The second-order valence-corrected chi connectivity index (χ2v) is 2.76. The van der Waals surface area contributed by atoms with Gasteiger partial charge in [0.2, 0.25) is 0 Å². The number of hydrogen-bond acceptors (Lipinski definition) is 3. The van der Waals surface area contributed by atoms with Crippen molar-refractivity contribution in [3.05, 3.63) is 17.0 Å². The summed E-state index contributed by atoms with van der Waals surface area (Å²) in [4.78, 5) is 11.2. The number of hydrogen-bond donors (Lipinski definition) is 1. The molecule has 0 saturated carbocycles. The first-order valence-corrected chi connectivity index (χ1v) is 3.31. The maximum absolute atomic E-state index is 10.6. The minimum atomic E-state index is 0.000278. The summed E-state index contributed by atoms with van der Waals surface area (Å²) in [5.41, 5.74) is 0. The highest BCUT2D eigenvalue weighted by Gasteiger charge is 2.00. The first-order valence-electron chi connectivity index (χ1n) is 2.50. The molecule has 0 amide bonds. The first-order chi connectivity index (χ1) is 4.20. The molecule has 2 nitrogen and oxygen atoms in total. The largest absolute Gasteiger partial charge is 0.499 e. The Labute approximate surface area is 56.8 Å². The molecule has 0 aliphatic heterocycles. The van der Waals surface area contributed by atoms with Gasteiger partial charge < -0.3 is 5.11 Å². The van der Waals surface area contributed by atoms with Gasteiger partial charge in [-0.3, -0.25) is 4.79 Å². The highest BCUT2D eigenvalue weighted by atomic mass is 32.1. The molecule has 0 atom stereocenters. The third-order valence-electron chi connectivity index (χ3n) is 0.939. The number of rotatable bonds is 1. The van der Waals surface area contributed by atoms with Gasteiger partial charge in [-0.05, 0) is 19.1 Å². The Hall–Kier alpha value is -0.830. The first kappa shape index (κ1) is 6.29. The Kier molecular flexibility index (Phi) is 1.53. The smallest absolute Gasteiger partial charge is 0.171 e. The van der Waals surface area contributed by atoms with Gasteiger partial charge in [-0.2, -0.15) is 0 Å². The SMILES string of the molecule is CC(=O)c1ccc(O)s1. The fourth-order valence-electron chi connectivity index (χ4n) is 0.517. The third kappa shape index (κ3) is 1.29. The van der Waals surface area contributed by atoms with Gasteiger partial charge in [-0.15, -0.1) is 0 Å². The summed E-state index contributed by atoms with van der Waals surface area (Å²) in [6.45, 7) is 1.48. The van der Waals surface area contributed by atoms with Crippen LogP contribution in [0.4, 0.5) is 0 Å². The summed E-state index contributed by atoms with van der Waals surface area (Å²) >= 11 is 1.10. The van der Waals surface area contributed by atoms with Crippen molar-refractivity contribution in [1.82, 2.24) is 0 Å². The number of aromatic hydroxyl groups is 1. The van der Waals surface area contributed by atoms with E-state index in [-0.39, 0.29) is 10.8 Å². The summed E-state index contributed by atoms with van der Waals surface area (Å²) in [5, 5.41) is 8.96. The van der Waals surface area contributed by atoms with Crippen molar-refractivity contribution in [3.63, 3.8) is 0 Å². The summed E-state index contributed by atoms with van der Waals surface area (Å²) in [7, 11) is 0. The van der Waals surface area contributed by atoms with Crippen LogP contribution in [0.3, 0.4) is 0 Å². The number of carbonyl (C=O) groups is 1. The molecule has 1 aromatic heterocycles. The van der Waals surface area contributed by atoms with Gasteiger partial charge in [-0.25, -0.2) is 0 Å². The Morgan fingerprint density at radius 3 is 2.56 bits per heavy atom. The standard InChI is InChI=1S/C6H6O2S/c1-4(7)5-2-3-6(8)9-5/h2-3,8H,1H3. The Bertz CT molecular complexity index is 227. The lowest BCUT2D eigenvalue weighted by Crippen LogP contribution is -1.83. The number of Topliss-reactive ketones (excluding diaryl/α,β-unsaturated/α-hetero) is 1. The Morgan fingerprint density at radius 1 is 1.67 bits per heavy atom. The van der Waals surface area contributed by atoms with E-state index in [9.17, 15) is 4.79 Å². The van der Waals surface area contributed by atoms with Crippen molar-refractivity contribution < 1.29 is 9.90 Å². The summed E-state index contributed by atoms with van der Waals surface area (Å²) in [6.07, 6.45) is 0. The van der Waals surface area contributed by atoms with Crippen LogP contribution in [0.2, 0.25) is 0 Å². The zero-order valence-corrected chi connectivity index (χ0v) is 5.73. The topological polar surface area (TPSA) is 37.3 Å². The van der Waals surface area contributed by atoms with Gasteiger partial charge in [0.25, 0.3) is 0 Å². The van der Waals surface area contributed by atoms with Gasteiger partial charge in [0.15, 0.2) is 10.8 Å². The van der Waals surface area contributed by atoms with E-state index >= 15 is 0 Å². The predicted molar refractivity (Wildman–Crippen MR) is 36.0 cm³/mol. The summed E-state index contributed by atoms with van der Waals surface area (Å²) < 4.78 is 0. The van der Waals surface area contributed by atoms with Gasteiger partial charge >= 0.3 is 0 Å². The molecule has 0 saturated heterocycles. The molecule has 0 aliphatic rings. The molecule has 0 aliphatic carbocycles. The van der Waals surface area contributed by atoms with Crippen LogP contribution in [0.1, 0.15) is 16.6 Å². The van der Waals surface area contributed by atoms with Crippen molar-refractivity contribution in [2.75, 3.05) is 0 Å². The summed E-state index contributed by atoms with van der Waals surface area (Å²) in [5.74, 6) is 0.000278. The van der Waals surface area contributed by atoms with E-state index in [0.29, 0.717) is 4.88 Å². The lowest BCUT2D eigenvalue weighted by molar-refractivity contribution is 0.102. The van der Waals surface area contributed by atoms with Gasteiger partial charge in [0.1, 0.15) is 0 Å². The normalized spacial score (nSPS) is 9.44. The fourth-order valence-corrected chi connectivity index (χ4v) is 1.16. The van der Waals surface area contributed by atoms with Crippen molar-refractivity contribution >= 4 is 17.1 Å². The molecule has 48 valence electrons. The lowest BCUT2D eigenvalue weighted by atomic mass is 10.4. The van der Waals surface area contributed by atoms with Crippen LogP contribution < -0.4 is 0 Å².